The van der Waals surface area contributed by atoms with Crippen LogP contribution < -0.4 is 0 Å². The van der Waals surface area contributed by atoms with Crippen LogP contribution in [-0.2, 0) is 9.59 Å². The zero-order chi connectivity index (χ0) is 14.5. The second-order valence-corrected chi connectivity index (χ2v) is 6.16. The number of rotatable bonds is 5. The van der Waals surface area contributed by atoms with Gasteiger partial charge >= 0.3 is 5.97 Å². The van der Waals surface area contributed by atoms with Crippen molar-refractivity contribution in [1.82, 2.24) is 9.80 Å². The Hall–Kier alpha value is -1.10. The van der Waals surface area contributed by atoms with E-state index in [0.29, 0.717) is 12.6 Å². The summed E-state index contributed by atoms with van der Waals surface area (Å²) in [4.78, 5) is 27.2. The number of carbonyl (C=O) groups excluding carboxylic acids is 1. The number of likely N-dealkylation sites (tertiary alicyclic amines) is 1. The highest BCUT2D eigenvalue weighted by Crippen LogP contribution is 2.23. The molecule has 1 atom stereocenters. The Kier molecular flexibility index (Phi) is 5.40. The molecular weight excluding hydrogens is 256 g/mol. The molecule has 1 amide bonds. The Morgan fingerprint density at radius 2 is 1.85 bits per heavy atom. The first-order valence-corrected chi connectivity index (χ1v) is 7.79. The van der Waals surface area contributed by atoms with Crippen LogP contribution in [0.5, 0.6) is 0 Å². The van der Waals surface area contributed by atoms with Crippen LogP contribution in [0.1, 0.15) is 51.4 Å². The minimum absolute atomic E-state index is 0.0382. The van der Waals surface area contributed by atoms with Crippen molar-refractivity contribution in [1.29, 1.82) is 0 Å². The largest absolute Gasteiger partial charge is 0.481 e. The Morgan fingerprint density at radius 3 is 2.50 bits per heavy atom. The SMILES string of the molecule is CN(C(=O)CN1CCCC1CC(=O)O)C1CCCCC1. The molecule has 2 aliphatic rings. The predicted octanol–water partition coefficient (Wildman–Crippen LogP) is 1.72. The lowest BCUT2D eigenvalue weighted by Gasteiger charge is -2.33. The van der Waals surface area contributed by atoms with Gasteiger partial charge in [-0.2, -0.15) is 0 Å². The van der Waals surface area contributed by atoms with Crippen LogP contribution >= 0.6 is 0 Å². The molecule has 114 valence electrons. The van der Waals surface area contributed by atoms with Crippen LogP contribution in [-0.4, -0.2) is 59.0 Å². The number of aliphatic carboxylic acids is 1. The van der Waals surface area contributed by atoms with E-state index >= 15 is 0 Å². The number of likely N-dealkylation sites (N-methyl/N-ethyl adjacent to an activating group) is 1. The van der Waals surface area contributed by atoms with Crippen molar-refractivity contribution in [3.8, 4) is 0 Å². The van der Waals surface area contributed by atoms with Crippen LogP contribution in [0.3, 0.4) is 0 Å². The summed E-state index contributed by atoms with van der Waals surface area (Å²) in [7, 11) is 1.90. The van der Waals surface area contributed by atoms with Gasteiger partial charge in [-0.15, -0.1) is 0 Å². The molecule has 5 heteroatoms. The third-order valence-electron chi connectivity index (χ3n) is 4.76. The van der Waals surface area contributed by atoms with Crippen molar-refractivity contribution >= 4 is 11.9 Å². The molecule has 2 fully saturated rings. The molecule has 0 aromatic carbocycles. The molecule has 0 spiro atoms. The highest BCUT2D eigenvalue weighted by Gasteiger charge is 2.30. The van der Waals surface area contributed by atoms with Gasteiger partial charge in [0.15, 0.2) is 0 Å². The van der Waals surface area contributed by atoms with E-state index in [1.165, 1.54) is 19.3 Å². The van der Waals surface area contributed by atoms with Gasteiger partial charge in [0.2, 0.25) is 5.91 Å². The standard InChI is InChI=1S/C15H26N2O3/c1-16(12-6-3-2-4-7-12)14(18)11-17-9-5-8-13(17)10-15(19)20/h12-13H,2-11H2,1H3,(H,19,20). The topological polar surface area (TPSA) is 60.9 Å². The van der Waals surface area contributed by atoms with Crippen molar-refractivity contribution in [3.05, 3.63) is 0 Å². The maximum absolute atomic E-state index is 12.4. The number of hydrogen-bond donors (Lipinski definition) is 1. The molecule has 0 bridgehead atoms. The second-order valence-electron chi connectivity index (χ2n) is 6.16. The fourth-order valence-corrected chi connectivity index (χ4v) is 3.49. The van der Waals surface area contributed by atoms with Gasteiger partial charge in [-0.25, -0.2) is 0 Å². The zero-order valence-electron chi connectivity index (χ0n) is 12.4. The van der Waals surface area contributed by atoms with Crippen molar-refractivity contribution in [2.45, 2.75) is 63.5 Å². The van der Waals surface area contributed by atoms with Crippen LogP contribution in [0.2, 0.25) is 0 Å². The first-order chi connectivity index (χ1) is 9.58. The smallest absolute Gasteiger partial charge is 0.304 e. The van der Waals surface area contributed by atoms with Crippen LogP contribution in [0.4, 0.5) is 0 Å². The lowest BCUT2D eigenvalue weighted by Crippen LogP contribution is -2.45. The highest BCUT2D eigenvalue weighted by molar-refractivity contribution is 5.78. The fraction of sp³-hybridized carbons (Fsp3) is 0.867. The van der Waals surface area contributed by atoms with Crippen molar-refractivity contribution in [3.63, 3.8) is 0 Å². The number of carboxylic acid groups (broad SMARTS) is 1. The molecule has 1 aliphatic carbocycles. The van der Waals surface area contributed by atoms with Crippen molar-refractivity contribution in [2.75, 3.05) is 20.1 Å². The van der Waals surface area contributed by atoms with Crippen LogP contribution in [0.25, 0.3) is 0 Å². The maximum atomic E-state index is 12.4. The number of nitrogens with zero attached hydrogens (tertiary/aromatic N) is 2. The number of amides is 1. The molecule has 5 nitrogen and oxygen atoms in total. The van der Waals surface area contributed by atoms with E-state index in [9.17, 15) is 9.59 Å². The third kappa shape index (κ3) is 3.95. The van der Waals surface area contributed by atoms with Gasteiger partial charge in [-0.1, -0.05) is 19.3 Å². The van der Waals surface area contributed by atoms with Gasteiger partial charge in [0.05, 0.1) is 13.0 Å². The lowest BCUT2D eigenvalue weighted by atomic mass is 9.94. The van der Waals surface area contributed by atoms with Gasteiger partial charge in [0.25, 0.3) is 0 Å². The summed E-state index contributed by atoms with van der Waals surface area (Å²) in [5.41, 5.74) is 0. The summed E-state index contributed by atoms with van der Waals surface area (Å²) in [5, 5.41) is 8.92. The first kappa shape index (κ1) is 15.3. The van der Waals surface area contributed by atoms with Crippen LogP contribution in [0.15, 0.2) is 0 Å². The normalized spacial score (nSPS) is 24.8. The van der Waals surface area contributed by atoms with Crippen molar-refractivity contribution < 1.29 is 14.7 Å². The van der Waals surface area contributed by atoms with E-state index in [0.717, 1.165) is 32.2 Å². The summed E-state index contributed by atoms with van der Waals surface area (Å²) < 4.78 is 0. The summed E-state index contributed by atoms with van der Waals surface area (Å²) in [6.07, 6.45) is 7.99. The summed E-state index contributed by atoms with van der Waals surface area (Å²) in [6.45, 7) is 1.23. The summed E-state index contributed by atoms with van der Waals surface area (Å²) in [6, 6.07) is 0.424. The quantitative estimate of drug-likeness (QED) is 0.834. The Balaban J connectivity index is 1.84. The summed E-state index contributed by atoms with van der Waals surface area (Å²) in [5.74, 6) is -0.621. The molecule has 0 aromatic rings. The molecule has 1 heterocycles. The average Bonchev–Trinajstić information content (AvgIpc) is 2.85. The predicted molar refractivity (Wildman–Crippen MR) is 76.5 cm³/mol. The Morgan fingerprint density at radius 1 is 1.15 bits per heavy atom. The van der Waals surface area contributed by atoms with E-state index in [1.54, 1.807) is 0 Å². The average molecular weight is 282 g/mol. The van der Waals surface area contributed by atoms with Gasteiger partial charge in [0.1, 0.15) is 0 Å². The van der Waals surface area contributed by atoms with E-state index in [-0.39, 0.29) is 18.4 Å². The summed E-state index contributed by atoms with van der Waals surface area (Å²) >= 11 is 0. The number of carbonyl (C=O) groups is 2. The van der Waals surface area contributed by atoms with Gasteiger partial charge in [-0.05, 0) is 32.2 Å². The second kappa shape index (κ2) is 7.07. The van der Waals surface area contributed by atoms with Gasteiger partial charge in [-0.3, -0.25) is 14.5 Å². The highest BCUT2D eigenvalue weighted by atomic mass is 16.4. The minimum Gasteiger partial charge on any atom is -0.481 e. The lowest BCUT2D eigenvalue weighted by molar-refractivity contribution is -0.140. The molecule has 1 saturated carbocycles. The molecule has 1 aliphatic heterocycles. The number of hydrogen-bond acceptors (Lipinski definition) is 3. The Bertz CT molecular complexity index is 353. The van der Waals surface area contributed by atoms with E-state index in [1.807, 2.05) is 11.9 Å². The van der Waals surface area contributed by atoms with E-state index < -0.39 is 5.97 Å². The third-order valence-corrected chi connectivity index (χ3v) is 4.76. The Labute approximate surface area is 120 Å². The van der Waals surface area contributed by atoms with Crippen molar-refractivity contribution in [2.24, 2.45) is 0 Å². The molecule has 1 N–H and O–H groups in total. The molecular formula is C15H26N2O3. The molecule has 0 radical (unpaired) electrons. The molecule has 1 saturated heterocycles. The van der Waals surface area contributed by atoms with E-state index in [2.05, 4.69) is 4.90 Å². The van der Waals surface area contributed by atoms with Gasteiger partial charge in [0, 0.05) is 19.1 Å². The fourth-order valence-electron chi connectivity index (χ4n) is 3.49. The van der Waals surface area contributed by atoms with Gasteiger partial charge < -0.3 is 10.0 Å². The van der Waals surface area contributed by atoms with E-state index in [4.69, 9.17) is 5.11 Å². The molecule has 0 aromatic heterocycles. The number of carboxylic acids is 1. The molecule has 2 rings (SSSR count). The minimum atomic E-state index is -0.769. The first-order valence-electron chi connectivity index (χ1n) is 7.79. The molecule has 20 heavy (non-hydrogen) atoms. The monoisotopic (exact) mass is 282 g/mol. The maximum Gasteiger partial charge on any atom is 0.304 e. The zero-order valence-corrected chi connectivity index (χ0v) is 12.4. The molecule has 1 unspecified atom stereocenters. The van der Waals surface area contributed by atoms with Crippen LogP contribution in [0, 0.1) is 0 Å².